The summed E-state index contributed by atoms with van der Waals surface area (Å²) < 4.78 is 70.5. The van der Waals surface area contributed by atoms with Crippen LogP contribution in [-0.4, -0.2) is 135 Å². The van der Waals surface area contributed by atoms with E-state index in [0.29, 0.717) is 38.2 Å². The molecule has 0 aromatic rings. The van der Waals surface area contributed by atoms with Crippen LogP contribution in [0.3, 0.4) is 0 Å². The van der Waals surface area contributed by atoms with E-state index in [2.05, 4.69) is 103 Å². The Kier molecular flexibility index (Phi) is 24.1. The van der Waals surface area contributed by atoms with Crippen LogP contribution in [0.1, 0.15) is 173 Å². The molecule has 17 atom stereocenters. The van der Waals surface area contributed by atoms with Crippen LogP contribution in [0, 0.1) is 17.3 Å². The molecule has 6 fully saturated rings. The highest BCUT2D eigenvalue weighted by molar-refractivity contribution is 6.74. The van der Waals surface area contributed by atoms with Crippen LogP contribution < -0.4 is 0 Å². The predicted octanol–water partition coefficient (Wildman–Crippen LogP) is 14.4. The zero-order valence-electron chi connectivity index (χ0n) is 50.0. The van der Waals surface area contributed by atoms with E-state index in [-0.39, 0.29) is 90.7 Å². The minimum absolute atomic E-state index is 0.0189. The second-order valence-corrected chi connectivity index (χ2v) is 39.3. The Labute approximate surface area is 461 Å². The van der Waals surface area contributed by atoms with Gasteiger partial charge in [-0.2, -0.15) is 0 Å². The molecular formula is C61H112O11Si3. The molecule has 9 unspecified atom stereocenters. The minimum atomic E-state index is -1.98. The van der Waals surface area contributed by atoms with Crippen LogP contribution >= 0.6 is 0 Å². The van der Waals surface area contributed by atoms with Crippen molar-refractivity contribution in [1.29, 1.82) is 0 Å². The normalized spacial score (nSPS) is 35.9. The Hall–Kier alpha value is -0.569. The van der Waals surface area contributed by atoms with Crippen LogP contribution in [0.4, 0.5) is 0 Å². The molecule has 6 rings (SSSR count). The fourth-order valence-corrected chi connectivity index (χ4v) is 23.1. The third-order valence-electron chi connectivity index (χ3n) is 20.5. The fourth-order valence-electron chi connectivity index (χ4n) is 14.7. The van der Waals surface area contributed by atoms with Crippen molar-refractivity contribution in [2.75, 3.05) is 13.7 Å². The van der Waals surface area contributed by atoms with Gasteiger partial charge in [0.05, 0.1) is 92.1 Å². The van der Waals surface area contributed by atoms with Crippen molar-refractivity contribution < 1.29 is 51.5 Å². The largest absolute Gasteiger partial charge is 0.414 e. The number of methoxy groups -OCH3 is 1. The first-order valence-electron chi connectivity index (χ1n) is 30.9. The molecule has 75 heavy (non-hydrogen) atoms. The molecule has 0 aliphatic carbocycles. The summed E-state index contributed by atoms with van der Waals surface area (Å²) in [5.41, 5.74) is 1.16. The van der Waals surface area contributed by atoms with E-state index < -0.39 is 36.8 Å². The van der Waals surface area contributed by atoms with Gasteiger partial charge in [0.15, 0.2) is 30.7 Å². The molecule has 14 heteroatoms. The van der Waals surface area contributed by atoms with Gasteiger partial charge in [0.1, 0.15) is 0 Å². The summed E-state index contributed by atoms with van der Waals surface area (Å²) in [4.78, 5) is 0. The van der Waals surface area contributed by atoms with Crippen molar-refractivity contribution in [3.05, 3.63) is 37.5 Å². The third kappa shape index (κ3) is 15.3. The van der Waals surface area contributed by atoms with E-state index in [1.807, 2.05) is 19.3 Å². The van der Waals surface area contributed by atoms with Crippen LogP contribution in [-0.2, 0) is 46.4 Å². The molecule has 0 aromatic heterocycles. The van der Waals surface area contributed by atoms with Crippen molar-refractivity contribution in [1.82, 2.24) is 0 Å². The smallest absolute Gasteiger partial charge is 0.192 e. The van der Waals surface area contributed by atoms with E-state index in [1.54, 1.807) is 0 Å². The summed E-state index contributed by atoms with van der Waals surface area (Å²) in [6.45, 7) is 41.1. The average molecular weight is 1110 g/mol. The molecule has 6 saturated heterocycles. The lowest BCUT2D eigenvalue weighted by Crippen LogP contribution is -2.57. The summed E-state index contributed by atoms with van der Waals surface area (Å²) in [6.07, 6.45) is 14.0. The first kappa shape index (κ1) is 63.6. The number of ether oxygens (including phenoxy) is 7. The Morgan fingerprint density at radius 3 is 1.97 bits per heavy atom. The van der Waals surface area contributed by atoms with E-state index >= 15 is 0 Å². The van der Waals surface area contributed by atoms with Gasteiger partial charge in [0, 0.05) is 45.1 Å². The summed E-state index contributed by atoms with van der Waals surface area (Å²) in [7, 11) is -3.97. The summed E-state index contributed by atoms with van der Waals surface area (Å²) >= 11 is 0. The van der Waals surface area contributed by atoms with Crippen LogP contribution in [0.25, 0.3) is 0 Å². The zero-order chi connectivity index (χ0) is 54.8. The van der Waals surface area contributed by atoms with E-state index in [9.17, 15) is 5.11 Å². The first-order chi connectivity index (χ1) is 35.8. The van der Waals surface area contributed by atoms with Crippen LogP contribution in [0.2, 0.25) is 54.4 Å². The Balaban J connectivity index is 1.11. The lowest BCUT2D eigenvalue weighted by molar-refractivity contribution is -0.256. The standard InChI is InChI=1S/C61H112O11Si3/c1-17-28-45(62)37-49-53(68-55(58(49)63-16)38-48(71-74(22-6,23-7)24-8)42-64-73(19-3,20-4)21-5)39-52-44(13)43(12)36-46(65-52)30-31-57-60(14,15)41-47(66-57)32-34-61-35-33-50(69-61)54-40-56(70-61)59(51(67-54)29-18-2)72-75(25-9,26-10)27-11/h17-18,43,45-59,62H,1-2,13,19-42H2,3-12,14-16H3/t43?,45?,46?,47?,48?,49?,50-,51?,52+,53-,54+,55+,56+,57?,58+,59?,61-/m0/s1. The summed E-state index contributed by atoms with van der Waals surface area (Å²) in [6, 6.07) is 9.82. The number of fused-ring (bicyclic) bond motifs is 5. The highest BCUT2D eigenvalue weighted by Crippen LogP contribution is 2.50. The van der Waals surface area contributed by atoms with E-state index in [4.69, 9.17) is 46.4 Å². The van der Waals surface area contributed by atoms with Crippen LogP contribution in [0.15, 0.2) is 37.5 Å². The van der Waals surface area contributed by atoms with Gasteiger partial charge in [-0.15, -0.1) is 13.2 Å². The molecule has 6 aliphatic rings. The minimum Gasteiger partial charge on any atom is -0.414 e. The van der Waals surface area contributed by atoms with E-state index in [0.717, 1.165) is 124 Å². The van der Waals surface area contributed by atoms with Crippen molar-refractivity contribution in [3.8, 4) is 0 Å². The highest BCUT2D eigenvalue weighted by atomic mass is 28.4. The number of aliphatic hydroxyl groups excluding tert-OH is 1. The molecule has 0 radical (unpaired) electrons. The molecule has 6 aliphatic heterocycles. The predicted molar refractivity (Wildman–Crippen MR) is 312 cm³/mol. The van der Waals surface area contributed by atoms with Gasteiger partial charge in [0.2, 0.25) is 0 Å². The molecule has 0 amide bonds. The van der Waals surface area contributed by atoms with Crippen molar-refractivity contribution in [2.24, 2.45) is 17.3 Å². The number of rotatable bonds is 33. The second-order valence-electron chi connectivity index (χ2n) is 25.1. The molecule has 0 saturated carbocycles. The monoisotopic (exact) mass is 1100 g/mol. The van der Waals surface area contributed by atoms with Crippen molar-refractivity contribution >= 4 is 25.0 Å². The second kappa shape index (κ2) is 28.4. The molecule has 434 valence electrons. The van der Waals surface area contributed by atoms with Gasteiger partial charge in [-0.05, 0) is 129 Å². The molecule has 1 N–H and O–H groups in total. The van der Waals surface area contributed by atoms with Gasteiger partial charge in [-0.25, -0.2) is 0 Å². The summed E-state index contributed by atoms with van der Waals surface area (Å²) in [5.74, 6) is -0.357. The first-order valence-corrected chi connectivity index (χ1v) is 38.5. The van der Waals surface area contributed by atoms with E-state index in [1.165, 1.54) is 0 Å². The lowest BCUT2D eigenvalue weighted by atomic mass is 9.79. The Morgan fingerprint density at radius 1 is 0.707 bits per heavy atom. The van der Waals surface area contributed by atoms with Gasteiger partial charge in [-0.3, -0.25) is 0 Å². The Morgan fingerprint density at radius 2 is 1.36 bits per heavy atom. The van der Waals surface area contributed by atoms with Crippen molar-refractivity contribution in [3.63, 3.8) is 0 Å². The molecule has 4 bridgehead atoms. The molecule has 0 aromatic carbocycles. The number of hydrogen-bond acceptors (Lipinski definition) is 11. The lowest BCUT2D eigenvalue weighted by Gasteiger charge is -2.46. The van der Waals surface area contributed by atoms with Gasteiger partial charge >= 0.3 is 0 Å². The fraction of sp³-hybridized carbons (Fsp3) is 0.902. The maximum Gasteiger partial charge on any atom is 0.192 e. The molecule has 0 spiro atoms. The van der Waals surface area contributed by atoms with Crippen LogP contribution in [0.5, 0.6) is 0 Å². The molecule has 6 heterocycles. The van der Waals surface area contributed by atoms with Gasteiger partial charge < -0.3 is 51.5 Å². The molecule has 11 nitrogen and oxygen atoms in total. The van der Waals surface area contributed by atoms with Gasteiger partial charge in [0.25, 0.3) is 0 Å². The maximum absolute atomic E-state index is 11.4. The third-order valence-corrected chi connectivity index (χ3v) is 34.5. The molecular weight excluding hydrogens is 993 g/mol. The van der Waals surface area contributed by atoms with Gasteiger partial charge in [-0.1, -0.05) is 102 Å². The number of aliphatic hydroxyl groups is 1. The topological polar surface area (TPSA) is 113 Å². The summed E-state index contributed by atoms with van der Waals surface area (Å²) in [5, 5.41) is 11.4. The average Bonchev–Trinajstić information content (AvgIpc) is 4.04. The quantitative estimate of drug-likeness (QED) is 0.0501. The van der Waals surface area contributed by atoms with Crippen molar-refractivity contribution in [2.45, 2.75) is 319 Å². The Bertz CT molecular complexity index is 1730. The highest BCUT2D eigenvalue weighted by Gasteiger charge is 2.57. The zero-order valence-corrected chi connectivity index (χ0v) is 53.0. The SMILES string of the molecule is C=CCC(O)CC1[C@H](C[C@H]2OC(CCC3OC(CC[C@]45CC[C@H](O4)[C@H]4C[C@@H](O5)C(O[Si](CC)(CC)CC)C(CC=C)O4)CC3(C)C)CC(C)C2=C)O[C@H](CC(CO[Si](CC)(CC)CC)O[Si](CC)(CC)CC)[C@@H]1OC. The number of hydrogen-bond donors (Lipinski definition) is 1. The maximum atomic E-state index is 11.4.